The Morgan fingerprint density at radius 2 is 1.77 bits per heavy atom. The second-order valence-electron chi connectivity index (χ2n) is 4.66. The summed E-state index contributed by atoms with van der Waals surface area (Å²) >= 11 is 5.07. The molecule has 0 aliphatic rings. The Morgan fingerprint density at radius 3 is 2.41 bits per heavy atom. The van der Waals surface area contributed by atoms with E-state index in [0.717, 1.165) is 5.56 Å². The summed E-state index contributed by atoms with van der Waals surface area (Å²) in [7, 11) is -0.430. The molecule has 2 rings (SSSR count). The van der Waals surface area contributed by atoms with Crippen LogP contribution in [0.1, 0.15) is 15.9 Å². The largest absolute Gasteiger partial charge is 0.465 e. The highest BCUT2D eigenvalue weighted by atomic mass is 32.8. The van der Waals surface area contributed by atoms with Crippen molar-refractivity contribution in [2.24, 2.45) is 0 Å². The molecule has 0 aliphatic heterocycles. The quantitative estimate of drug-likeness (QED) is 0.803. The minimum atomic E-state index is -3.06. The SMILES string of the molecule is COC(=O)c1ccccc1-c1cc(C)ccc1S(=O)(=S)OC. The molecule has 0 N–H and O–H groups in total. The zero-order valence-corrected chi connectivity index (χ0v) is 14.1. The highest BCUT2D eigenvalue weighted by molar-refractivity contribution is 8.30. The van der Waals surface area contributed by atoms with Crippen molar-refractivity contribution in [3.8, 4) is 11.1 Å². The van der Waals surface area contributed by atoms with E-state index in [1.165, 1.54) is 14.2 Å². The Balaban J connectivity index is 2.79. The third kappa shape index (κ3) is 3.19. The van der Waals surface area contributed by atoms with E-state index in [9.17, 15) is 9.00 Å². The van der Waals surface area contributed by atoms with E-state index in [0.29, 0.717) is 21.6 Å². The van der Waals surface area contributed by atoms with Gasteiger partial charge in [0.05, 0.1) is 24.7 Å². The lowest BCUT2D eigenvalue weighted by Crippen LogP contribution is -2.07. The Morgan fingerprint density at radius 1 is 1.09 bits per heavy atom. The predicted molar refractivity (Wildman–Crippen MR) is 88.7 cm³/mol. The van der Waals surface area contributed by atoms with Crippen LogP contribution in [-0.4, -0.2) is 24.4 Å². The number of benzene rings is 2. The monoisotopic (exact) mass is 336 g/mol. The first-order chi connectivity index (χ1) is 10.4. The van der Waals surface area contributed by atoms with Crippen molar-refractivity contribution < 1.29 is 17.9 Å². The van der Waals surface area contributed by atoms with Crippen LogP contribution in [-0.2, 0) is 28.9 Å². The average Bonchev–Trinajstić information content (AvgIpc) is 2.53. The van der Waals surface area contributed by atoms with Gasteiger partial charge in [0.25, 0.3) is 0 Å². The normalized spacial score (nSPS) is 13.4. The van der Waals surface area contributed by atoms with Crippen LogP contribution in [0, 0.1) is 6.92 Å². The van der Waals surface area contributed by atoms with E-state index in [-0.39, 0.29) is 0 Å². The summed E-state index contributed by atoms with van der Waals surface area (Å²) in [6.45, 7) is 1.91. The number of carbonyl (C=O) groups excluding carboxylic acids is 1. The van der Waals surface area contributed by atoms with Gasteiger partial charge in [0.15, 0.2) is 8.77 Å². The average molecular weight is 336 g/mol. The van der Waals surface area contributed by atoms with Gasteiger partial charge in [0, 0.05) is 16.8 Å². The van der Waals surface area contributed by atoms with Gasteiger partial charge in [-0.2, -0.15) is 0 Å². The molecule has 0 fully saturated rings. The first-order valence-electron chi connectivity index (χ1n) is 6.49. The highest BCUT2D eigenvalue weighted by Gasteiger charge is 2.20. The summed E-state index contributed by atoms with van der Waals surface area (Å²) in [4.78, 5) is 12.4. The molecule has 0 amide bonds. The van der Waals surface area contributed by atoms with Gasteiger partial charge in [0.2, 0.25) is 0 Å². The zero-order chi connectivity index (χ0) is 16.3. The maximum Gasteiger partial charge on any atom is 0.338 e. The summed E-state index contributed by atoms with van der Waals surface area (Å²) in [5.74, 6) is -0.462. The molecule has 116 valence electrons. The first kappa shape index (κ1) is 16.6. The predicted octanol–water partition coefficient (Wildman–Crippen LogP) is 3.12. The molecule has 0 saturated carbocycles. The van der Waals surface area contributed by atoms with Gasteiger partial charge in [-0.15, -0.1) is 0 Å². The van der Waals surface area contributed by atoms with Crippen LogP contribution < -0.4 is 0 Å². The molecular weight excluding hydrogens is 320 g/mol. The Kier molecular flexibility index (Phi) is 4.95. The molecule has 0 radical (unpaired) electrons. The van der Waals surface area contributed by atoms with E-state index in [1.54, 1.807) is 30.3 Å². The molecule has 2 aromatic rings. The van der Waals surface area contributed by atoms with Crippen molar-refractivity contribution in [2.75, 3.05) is 14.2 Å². The van der Waals surface area contributed by atoms with Crippen LogP contribution in [0.2, 0.25) is 0 Å². The van der Waals surface area contributed by atoms with Crippen molar-refractivity contribution in [1.29, 1.82) is 0 Å². The first-order valence-corrected chi connectivity index (χ1v) is 8.90. The van der Waals surface area contributed by atoms with Gasteiger partial charge in [-0.05, 0) is 24.6 Å². The fraction of sp³-hybridized carbons (Fsp3) is 0.188. The van der Waals surface area contributed by atoms with E-state index in [2.05, 4.69) is 0 Å². The number of hydrogen-bond donors (Lipinski definition) is 0. The maximum absolute atomic E-state index is 12.5. The van der Waals surface area contributed by atoms with Crippen molar-refractivity contribution in [2.45, 2.75) is 11.8 Å². The van der Waals surface area contributed by atoms with Gasteiger partial charge >= 0.3 is 5.97 Å². The van der Waals surface area contributed by atoms with Gasteiger partial charge in [-0.1, -0.05) is 35.9 Å². The topological polar surface area (TPSA) is 52.6 Å². The molecule has 22 heavy (non-hydrogen) atoms. The summed E-state index contributed by atoms with van der Waals surface area (Å²) in [5, 5.41) is 0. The van der Waals surface area contributed by atoms with E-state index in [4.69, 9.17) is 20.1 Å². The van der Waals surface area contributed by atoms with E-state index < -0.39 is 14.7 Å². The number of hydrogen-bond acceptors (Lipinski definition) is 5. The van der Waals surface area contributed by atoms with Gasteiger partial charge < -0.3 is 4.74 Å². The Labute approximate surface area is 134 Å². The lowest BCUT2D eigenvalue weighted by molar-refractivity contribution is 0.0601. The highest BCUT2D eigenvalue weighted by Crippen LogP contribution is 2.32. The van der Waals surface area contributed by atoms with Crippen LogP contribution in [0.25, 0.3) is 11.1 Å². The van der Waals surface area contributed by atoms with Crippen molar-refractivity contribution >= 4 is 25.9 Å². The molecule has 6 heteroatoms. The number of rotatable bonds is 4. The smallest absolute Gasteiger partial charge is 0.338 e. The Hall–Kier alpha value is -1.76. The molecule has 0 saturated heterocycles. The molecule has 0 spiro atoms. The summed E-state index contributed by atoms with van der Waals surface area (Å²) in [5.41, 5.74) is 2.57. The van der Waals surface area contributed by atoms with Crippen LogP contribution in [0.5, 0.6) is 0 Å². The van der Waals surface area contributed by atoms with E-state index in [1.807, 2.05) is 19.1 Å². The minimum Gasteiger partial charge on any atom is -0.465 e. The number of methoxy groups -OCH3 is 1. The lowest BCUT2D eigenvalue weighted by atomic mass is 9.98. The lowest BCUT2D eigenvalue weighted by Gasteiger charge is -2.14. The van der Waals surface area contributed by atoms with Crippen LogP contribution in [0.3, 0.4) is 0 Å². The summed E-state index contributed by atoms with van der Waals surface area (Å²) in [6, 6.07) is 12.3. The summed E-state index contributed by atoms with van der Waals surface area (Å²) < 4.78 is 22.3. The standard InChI is InChI=1S/C16H16O4S2/c1-11-8-9-15(22(18,21)20-3)14(10-11)12-6-4-5-7-13(12)16(17)19-2/h4-10H,1-3H3. The fourth-order valence-electron chi connectivity index (χ4n) is 2.17. The molecule has 1 atom stereocenters. The van der Waals surface area contributed by atoms with Crippen molar-refractivity contribution in [3.63, 3.8) is 0 Å². The molecule has 2 aromatic carbocycles. The number of carbonyl (C=O) groups is 1. The fourth-order valence-corrected chi connectivity index (χ4v) is 3.46. The van der Waals surface area contributed by atoms with E-state index >= 15 is 0 Å². The molecule has 0 aromatic heterocycles. The van der Waals surface area contributed by atoms with Crippen LogP contribution in [0.15, 0.2) is 47.4 Å². The van der Waals surface area contributed by atoms with Crippen molar-refractivity contribution in [1.82, 2.24) is 0 Å². The number of esters is 1. The molecule has 0 bridgehead atoms. The van der Waals surface area contributed by atoms with Crippen molar-refractivity contribution in [3.05, 3.63) is 53.6 Å². The molecule has 0 aliphatic carbocycles. The second kappa shape index (κ2) is 6.56. The van der Waals surface area contributed by atoms with Crippen LogP contribution >= 0.6 is 0 Å². The number of aryl methyl sites for hydroxylation is 1. The van der Waals surface area contributed by atoms with Crippen LogP contribution in [0.4, 0.5) is 0 Å². The van der Waals surface area contributed by atoms with Gasteiger partial charge in [-0.3, -0.25) is 4.18 Å². The zero-order valence-electron chi connectivity index (χ0n) is 12.5. The third-order valence-corrected chi connectivity index (χ3v) is 5.53. The van der Waals surface area contributed by atoms with Gasteiger partial charge in [-0.25, -0.2) is 9.00 Å². The molecule has 4 nitrogen and oxygen atoms in total. The maximum atomic E-state index is 12.5. The molecule has 1 unspecified atom stereocenters. The Bertz CT molecular complexity index is 811. The summed E-state index contributed by atoms with van der Waals surface area (Å²) in [6.07, 6.45) is 0. The second-order valence-corrected chi connectivity index (χ2v) is 7.66. The van der Waals surface area contributed by atoms with Gasteiger partial charge in [0.1, 0.15) is 0 Å². The molecular formula is C16H16O4S2. The number of ether oxygens (including phenoxy) is 1. The third-order valence-electron chi connectivity index (χ3n) is 3.25. The molecule has 0 heterocycles. The minimum absolute atomic E-state index is 0.381.